The summed E-state index contributed by atoms with van der Waals surface area (Å²) in [7, 11) is 4.33. The molecule has 1 unspecified atom stereocenters. The van der Waals surface area contributed by atoms with Crippen molar-refractivity contribution >= 4 is 29.1 Å². The van der Waals surface area contributed by atoms with Gasteiger partial charge in [0.05, 0.1) is 66.3 Å². The lowest BCUT2D eigenvalue weighted by Crippen LogP contribution is -2.39. The van der Waals surface area contributed by atoms with Crippen LogP contribution in [0.15, 0.2) is 57.5 Å². The van der Waals surface area contributed by atoms with Crippen molar-refractivity contribution in [2.24, 2.45) is 4.99 Å². The lowest BCUT2D eigenvalue weighted by molar-refractivity contribution is -0.385. The quantitative estimate of drug-likeness (QED) is 0.243. The number of benzene rings is 2. The summed E-state index contributed by atoms with van der Waals surface area (Å²) in [6, 6.07) is 8.84. The molecule has 1 aliphatic rings. The van der Waals surface area contributed by atoms with Gasteiger partial charge in [0.1, 0.15) is 5.75 Å². The van der Waals surface area contributed by atoms with Crippen molar-refractivity contribution in [2.75, 3.05) is 27.9 Å². The molecular formula is C26H25N3O8S. The summed E-state index contributed by atoms with van der Waals surface area (Å²) in [5, 5.41) is 11.8. The maximum Gasteiger partial charge on any atom is 0.338 e. The first-order valence-corrected chi connectivity index (χ1v) is 12.3. The molecule has 0 amide bonds. The van der Waals surface area contributed by atoms with Crippen LogP contribution in [0, 0.1) is 10.1 Å². The van der Waals surface area contributed by atoms with Crippen molar-refractivity contribution < 1.29 is 28.7 Å². The fourth-order valence-electron chi connectivity index (χ4n) is 4.19. The highest BCUT2D eigenvalue weighted by Crippen LogP contribution is 2.35. The van der Waals surface area contributed by atoms with Crippen LogP contribution in [0.5, 0.6) is 17.2 Å². The molecule has 3 aromatic rings. The van der Waals surface area contributed by atoms with E-state index in [1.165, 1.54) is 37.0 Å². The summed E-state index contributed by atoms with van der Waals surface area (Å²) in [6.07, 6.45) is 1.42. The summed E-state index contributed by atoms with van der Waals surface area (Å²) in [4.78, 5) is 42.9. The van der Waals surface area contributed by atoms with E-state index in [4.69, 9.17) is 18.9 Å². The lowest BCUT2D eigenvalue weighted by atomic mass is 9.96. The number of carbonyl (C=O) groups excluding carboxylic acids is 1. The number of hydrogen-bond acceptors (Lipinski definition) is 10. The Balaban J connectivity index is 1.98. The fraction of sp³-hybridized carbons (Fsp3) is 0.269. The first kappa shape index (κ1) is 26.6. The molecule has 1 atom stereocenters. The van der Waals surface area contributed by atoms with E-state index in [1.807, 2.05) is 0 Å². The van der Waals surface area contributed by atoms with Gasteiger partial charge in [0.25, 0.3) is 11.2 Å². The molecule has 0 aliphatic carbocycles. The topological polar surface area (TPSA) is 131 Å². The van der Waals surface area contributed by atoms with E-state index in [0.29, 0.717) is 21.8 Å². The van der Waals surface area contributed by atoms with Gasteiger partial charge in [0, 0.05) is 0 Å². The first-order chi connectivity index (χ1) is 18.2. The molecule has 1 aliphatic heterocycles. The van der Waals surface area contributed by atoms with Crippen LogP contribution in [0.2, 0.25) is 0 Å². The molecule has 0 saturated carbocycles. The van der Waals surface area contributed by atoms with Gasteiger partial charge < -0.3 is 18.9 Å². The Kier molecular flexibility index (Phi) is 7.62. The van der Waals surface area contributed by atoms with Gasteiger partial charge in [0.2, 0.25) is 0 Å². The number of thiazole rings is 1. The van der Waals surface area contributed by atoms with Gasteiger partial charge in [-0.2, -0.15) is 0 Å². The number of ether oxygens (including phenoxy) is 4. The minimum absolute atomic E-state index is 0.151. The van der Waals surface area contributed by atoms with Crippen molar-refractivity contribution in [1.82, 2.24) is 4.57 Å². The van der Waals surface area contributed by atoms with E-state index in [1.54, 1.807) is 45.2 Å². The van der Waals surface area contributed by atoms with Gasteiger partial charge in [0.15, 0.2) is 16.3 Å². The molecule has 0 saturated heterocycles. The molecule has 0 fully saturated rings. The molecule has 0 spiro atoms. The minimum atomic E-state index is -0.821. The van der Waals surface area contributed by atoms with E-state index >= 15 is 0 Å². The van der Waals surface area contributed by atoms with Crippen LogP contribution >= 0.6 is 11.3 Å². The monoisotopic (exact) mass is 539 g/mol. The summed E-state index contributed by atoms with van der Waals surface area (Å²) in [5.74, 6) is 0.486. The van der Waals surface area contributed by atoms with Crippen LogP contribution < -0.4 is 29.1 Å². The number of methoxy groups -OCH3 is 3. The smallest absolute Gasteiger partial charge is 0.338 e. The number of hydrogen-bond donors (Lipinski definition) is 0. The Morgan fingerprint density at radius 3 is 2.37 bits per heavy atom. The minimum Gasteiger partial charge on any atom is -0.497 e. The number of nitrogens with zero attached hydrogens (tertiary/aromatic N) is 3. The normalized spacial score (nSPS) is 15.0. The molecule has 11 nitrogen and oxygen atoms in total. The standard InChI is InChI=1S/C26H25N3O8S/c1-6-37-25(31)22-14(2)27-26-28(23(22)15-7-9-17(34-3)10-8-15)24(30)21(38-26)12-16-11-19(35-4)20(36-5)13-18(16)29(32)33/h7-13,23H,6H2,1-5H3/b21-12+. The average Bonchev–Trinajstić information content (AvgIpc) is 3.21. The van der Waals surface area contributed by atoms with Crippen LogP contribution in [0.25, 0.3) is 6.08 Å². The van der Waals surface area contributed by atoms with E-state index in [0.717, 1.165) is 11.3 Å². The molecule has 0 radical (unpaired) electrons. The second-order valence-electron chi connectivity index (χ2n) is 8.10. The summed E-state index contributed by atoms with van der Waals surface area (Å²) in [6.45, 7) is 3.53. The molecule has 2 heterocycles. The van der Waals surface area contributed by atoms with Crippen LogP contribution in [0.4, 0.5) is 5.69 Å². The third-order valence-corrected chi connectivity index (χ3v) is 6.95. The number of esters is 1. The zero-order valence-electron chi connectivity index (χ0n) is 21.3. The number of fused-ring (bicyclic) bond motifs is 1. The van der Waals surface area contributed by atoms with Crippen molar-refractivity contribution in [3.05, 3.63) is 88.6 Å². The first-order valence-electron chi connectivity index (χ1n) is 11.5. The summed E-state index contributed by atoms with van der Waals surface area (Å²) < 4.78 is 22.6. The number of rotatable bonds is 8. The largest absolute Gasteiger partial charge is 0.497 e. The highest BCUT2D eigenvalue weighted by molar-refractivity contribution is 7.07. The molecule has 198 valence electrons. The summed E-state index contributed by atoms with van der Waals surface area (Å²) in [5.41, 5.74) is 0.715. The van der Waals surface area contributed by atoms with Crippen LogP contribution in [0.3, 0.4) is 0 Å². The van der Waals surface area contributed by atoms with E-state index in [2.05, 4.69) is 4.99 Å². The number of nitro groups is 1. The van der Waals surface area contributed by atoms with E-state index in [9.17, 15) is 19.7 Å². The Morgan fingerprint density at radius 2 is 1.79 bits per heavy atom. The van der Waals surface area contributed by atoms with Crippen molar-refractivity contribution in [3.8, 4) is 17.2 Å². The molecule has 4 rings (SSSR count). The third kappa shape index (κ3) is 4.77. The number of allylic oxidation sites excluding steroid dienone is 1. The van der Waals surface area contributed by atoms with Crippen LogP contribution in [-0.4, -0.2) is 43.4 Å². The van der Waals surface area contributed by atoms with Crippen LogP contribution in [0.1, 0.15) is 31.0 Å². The molecule has 0 N–H and O–H groups in total. The van der Waals surface area contributed by atoms with Crippen molar-refractivity contribution in [2.45, 2.75) is 19.9 Å². The molecular weight excluding hydrogens is 514 g/mol. The Hall–Kier alpha value is -4.45. The van der Waals surface area contributed by atoms with Gasteiger partial charge in [-0.1, -0.05) is 23.5 Å². The SMILES string of the molecule is CCOC(=O)C1=C(C)N=c2s/c(=C/c3cc(OC)c(OC)cc3[N+](=O)[O-])c(=O)n2C1c1ccc(OC)cc1. The zero-order chi connectivity index (χ0) is 27.6. The van der Waals surface area contributed by atoms with Crippen molar-refractivity contribution in [1.29, 1.82) is 0 Å². The van der Waals surface area contributed by atoms with Gasteiger partial charge >= 0.3 is 5.97 Å². The fourth-order valence-corrected chi connectivity index (χ4v) is 5.23. The number of aromatic nitrogens is 1. The zero-order valence-corrected chi connectivity index (χ0v) is 22.2. The Morgan fingerprint density at radius 1 is 1.13 bits per heavy atom. The molecule has 1 aromatic heterocycles. The molecule has 12 heteroatoms. The highest BCUT2D eigenvalue weighted by Gasteiger charge is 2.33. The Labute approximate surface area is 221 Å². The molecule has 2 aromatic carbocycles. The van der Waals surface area contributed by atoms with Gasteiger partial charge in [-0.3, -0.25) is 19.5 Å². The predicted octanol–water partition coefficient (Wildman–Crippen LogP) is 2.73. The van der Waals surface area contributed by atoms with Gasteiger partial charge in [-0.25, -0.2) is 9.79 Å². The number of carbonyl (C=O) groups is 1. The molecule has 38 heavy (non-hydrogen) atoms. The molecule has 0 bridgehead atoms. The highest BCUT2D eigenvalue weighted by atomic mass is 32.1. The summed E-state index contributed by atoms with van der Waals surface area (Å²) >= 11 is 1.06. The third-order valence-electron chi connectivity index (χ3n) is 5.96. The predicted molar refractivity (Wildman–Crippen MR) is 140 cm³/mol. The van der Waals surface area contributed by atoms with E-state index < -0.39 is 22.5 Å². The Bertz CT molecular complexity index is 1620. The maximum absolute atomic E-state index is 13.8. The lowest BCUT2D eigenvalue weighted by Gasteiger charge is -2.24. The van der Waals surface area contributed by atoms with Crippen molar-refractivity contribution in [3.63, 3.8) is 0 Å². The van der Waals surface area contributed by atoms with Gasteiger partial charge in [-0.05, 0) is 43.7 Å². The second kappa shape index (κ2) is 10.9. The van der Waals surface area contributed by atoms with E-state index in [-0.39, 0.29) is 39.5 Å². The maximum atomic E-state index is 13.8. The van der Waals surface area contributed by atoms with Crippen LogP contribution in [-0.2, 0) is 9.53 Å². The average molecular weight is 540 g/mol. The number of nitro benzene ring substituents is 1. The van der Waals surface area contributed by atoms with Gasteiger partial charge in [-0.15, -0.1) is 0 Å². The second-order valence-corrected chi connectivity index (χ2v) is 9.11.